The van der Waals surface area contributed by atoms with Gasteiger partial charge >= 0.3 is 0 Å². The Balaban J connectivity index is 2.00. The molecule has 2 aromatic carbocycles. The van der Waals surface area contributed by atoms with Crippen LogP contribution in [-0.2, 0) is 14.4 Å². The van der Waals surface area contributed by atoms with Crippen molar-refractivity contribution < 1.29 is 13.0 Å². The smallest absolute Gasteiger partial charge is 0.204 e. The van der Waals surface area contributed by atoms with Gasteiger partial charge in [0.25, 0.3) is 0 Å². The third kappa shape index (κ3) is 3.17. The van der Waals surface area contributed by atoms with Crippen molar-refractivity contribution >= 4 is 27.7 Å². The Morgan fingerprint density at radius 1 is 0.909 bits per heavy atom. The summed E-state index contributed by atoms with van der Waals surface area (Å²) in [5, 5.41) is 4.56. The Morgan fingerprint density at radius 2 is 1.41 bits per heavy atom. The third-order valence-corrected chi connectivity index (χ3v) is 8.38. The lowest BCUT2D eigenvalue weighted by atomic mass is 10.3. The van der Waals surface area contributed by atoms with E-state index in [0.29, 0.717) is 17.0 Å². The lowest BCUT2D eigenvalue weighted by Crippen LogP contribution is -2.35. The van der Waals surface area contributed by atoms with Gasteiger partial charge in [-0.1, -0.05) is 36.4 Å². The Kier molecular flexibility index (Phi) is 4.22. The van der Waals surface area contributed by atoms with Crippen molar-refractivity contribution in [2.75, 3.05) is 11.5 Å². The first-order valence-corrected chi connectivity index (χ1v) is 10.7. The van der Waals surface area contributed by atoms with Crippen LogP contribution in [0, 0.1) is 0 Å². The number of nitrogens with one attached hydrogen (secondary N) is 1. The van der Waals surface area contributed by atoms with Crippen LogP contribution in [0.3, 0.4) is 0 Å². The topological polar surface area (TPSA) is 63.2 Å². The Hall–Kier alpha value is -1.42. The predicted molar refractivity (Wildman–Crippen MR) is 90.0 cm³/mol. The molecule has 116 valence electrons. The van der Waals surface area contributed by atoms with Gasteiger partial charge in [-0.05, 0) is 30.7 Å². The molecule has 0 spiro atoms. The summed E-state index contributed by atoms with van der Waals surface area (Å²) in [6.45, 7) is 0. The van der Waals surface area contributed by atoms with Crippen LogP contribution in [0.1, 0.15) is 6.42 Å². The van der Waals surface area contributed by atoms with E-state index in [9.17, 15) is 13.0 Å². The first-order chi connectivity index (χ1) is 10.5. The fraction of sp³-hybridized carbons (Fsp3) is 0.250. The summed E-state index contributed by atoms with van der Waals surface area (Å²) in [7, 11) is -6.06. The van der Waals surface area contributed by atoms with E-state index in [1.807, 2.05) is 60.7 Å². The van der Waals surface area contributed by atoms with Gasteiger partial charge in [0, 0.05) is 16.7 Å². The van der Waals surface area contributed by atoms with Crippen LogP contribution in [0.4, 0.5) is 0 Å². The summed E-state index contributed by atoms with van der Waals surface area (Å²) in [5.74, 6) is 0.213. The zero-order valence-corrected chi connectivity index (χ0v) is 13.8. The van der Waals surface area contributed by atoms with Gasteiger partial charge < -0.3 is 0 Å². The molecule has 0 bridgehead atoms. The second-order valence-electron chi connectivity index (χ2n) is 5.51. The summed E-state index contributed by atoms with van der Waals surface area (Å²) in [5.41, 5.74) is 0. The highest BCUT2D eigenvalue weighted by atomic mass is 32.2. The van der Waals surface area contributed by atoms with E-state index in [4.69, 9.17) is 0 Å². The summed E-state index contributed by atoms with van der Waals surface area (Å²) >= 11 is 0. The first kappa shape index (κ1) is 15.5. The summed E-state index contributed by atoms with van der Waals surface area (Å²) in [4.78, 5) is 0. The molecule has 0 aliphatic carbocycles. The van der Waals surface area contributed by atoms with Gasteiger partial charge in [0.05, 0.1) is 11.5 Å². The molecule has 0 aromatic heterocycles. The van der Waals surface area contributed by atoms with Crippen LogP contribution < -0.4 is 15.7 Å². The van der Waals surface area contributed by atoms with Crippen LogP contribution in [-0.4, -0.2) is 26.0 Å². The minimum atomic E-state index is -3.04. The maximum Gasteiger partial charge on any atom is 0.204 e. The van der Waals surface area contributed by atoms with Crippen molar-refractivity contribution in [2.45, 2.75) is 12.5 Å². The lowest BCUT2D eigenvalue weighted by Gasteiger charge is -2.23. The maximum atomic E-state index is 13.7. The SMILES string of the molecule is O=P(NC1CCS(=O)(=O)C1)(c1ccccc1)c1ccccc1. The molecule has 1 unspecified atom stereocenters. The Morgan fingerprint density at radius 3 is 1.82 bits per heavy atom. The average molecular weight is 335 g/mol. The van der Waals surface area contributed by atoms with Gasteiger partial charge in [0.15, 0.2) is 9.84 Å². The molecule has 6 heteroatoms. The van der Waals surface area contributed by atoms with E-state index < -0.39 is 17.1 Å². The van der Waals surface area contributed by atoms with Crippen molar-refractivity contribution in [1.29, 1.82) is 0 Å². The molecular weight excluding hydrogens is 317 g/mol. The highest BCUT2D eigenvalue weighted by Crippen LogP contribution is 2.40. The van der Waals surface area contributed by atoms with Gasteiger partial charge in [-0.25, -0.2) is 8.42 Å². The molecular formula is C16H18NO3PS. The van der Waals surface area contributed by atoms with E-state index >= 15 is 0 Å². The molecule has 22 heavy (non-hydrogen) atoms. The lowest BCUT2D eigenvalue weighted by molar-refractivity contribution is 0.565. The molecule has 0 saturated carbocycles. The molecule has 1 N–H and O–H groups in total. The monoisotopic (exact) mass is 335 g/mol. The highest BCUT2D eigenvalue weighted by Gasteiger charge is 2.35. The minimum absolute atomic E-state index is 0.0522. The second-order valence-corrected chi connectivity index (χ2v) is 10.2. The first-order valence-electron chi connectivity index (χ1n) is 7.19. The average Bonchev–Trinajstić information content (AvgIpc) is 2.87. The molecule has 0 amide bonds. The van der Waals surface area contributed by atoms with Crippen molar-refractivity contribution in [3.8, 4) is 0 Å². The van der Waals surface area contributed by atoms with E-state index in [-0.39, 0.29) is 17.5 Å². The minimum Gasteiger partial charge on any atom is -0.297 e. The molecule has 2 aromatic rings. The molecule has 3 rings (SSSR count). The van der Waals surface area contributed by atoms with Crippen LogP contribution in [0.5, 0.6) is 0 Å². The Bertz CT molecular complexity index is 747. The molecule has 0 radical (unpaired) electrons. The zero-order chi connectivity index (χ0) is 15.6. The molecule has 1 fully saturated rings. The number of rotatable bonds is 4. The van der Waals surface area contributed by atoms with Crippen molar-refractivity contribution in [1.82, 2.24) is 5.09 Å². The third-order valence-electron chi connectivity index (χ3n) is 3.84. The van der Waals surface area contributed by atoms with Crippen molar-refractivity contribution in [2.24, 2.45) is 0 Å². The van der Waals surface area contributed by atoms with E-state index in [1.165, 1.54) is 0 Å². The molecule has 4 nitrogen and oxygen atoms in total. The highest BCUT2D eigenvalue weighted by molar-refractivity contribution is 7.91. The molecule has 1 aliphatic rings. The standard InChI is InChI=1S/C16H18NO3PS/c18-21(15-7-3-1-4-8-15,16-9-5-2-6-10-16)17-14-11-12-22(19,20)13-14/h1-10,14H,11-13H2,(H,17,18). The van der Waals surface area contributed by atoms with E-state index in [0.717, 1.165) is 0 Å². The van der Waals surface area contributed by atoms with Crippen LogP contribution in [0.25, 0.3) is 0 Å². The summed E-state index contributed by atoms with van der Waals surface area (Å²) < 4.78 is 37.0. The normalized spacial score (nSPS) is 20.8. The zero-order valence-electron chi connectivity index (χ0n) is 12.1. The van der Waals surface area contributed by atoms with E-state index in [1.54, 1.807) is 0 Å². The van der Waals surface area contributed by atoms with Gasteiger partial charge in [-0.3, -0.25) is 9.65 Å². The molecule has 1 heterocycles. The number of benzene rings is 2. The van der Waals surface area contributed by atoms with Crippen molar-refractivity contribution in [3.05, 3.63) is 60.7 Å². The Labute approximate surface area is 130 Å². The van der Waals surface area contributed by atoms with E-state index in [2.05, 4.69) is 5.09 Å². The van der Waals surface area contributed by atoms with Crippen LogP contribution >= 0.6 is 7.29 Å². The second kappa shape index (κ2) is 5.99. The van der Waals surface area contributed by atoms with Crippen LogP contribution in [0.2, 0.25) is 0 Å². The number of sulfone groups is 1. The molecule has 1 atom stereocenters. The molecule has 1 aliphatic heterocycles. The predicted octanol–water partition coefficient (Wildman–Crippen LogP) is 1.69. The van der Waals surface area contributed by atoms with Crippen LogP contribution in [0.15, 0.2) is 60.7 Å². The summed E-state index contributed by atoms with van der Waals surface area (Å²) in [6, 6.07) is 18.2. The molecule has 1 saturated heterocycles. The van der Waals surface area contributed by atoms with Gasteiger partial charge in [-0.15, -0.1) is 0 Å². The van der Waals surface area contributed by atoms with Gasteiger partial charge in [0.2, 0.25) is 7.29 Å². The quantitative estimate of drug-likeness (QED) is 0.864. The summed E-state index contributed by atoms with van der Waals surface area (Å²) in [6.07, 6.45) is 0.506. The maximum absolute atomic E-state index is 13.7. The largest absolute Gasteiger partial charge is 0.297 e. The number of hydrogen-bond donors (Lipinski definition) is 1. The fourth-order valence-electron chi connectivity index (χ4n) is 2.73. The number of hydrogen-bond acceptors (Lipinski definition) is 3. The van der Waals surface area contributed by atoms with Gasteiger partial charge in [-0.2, -0.15) is 0 Å². The van der Waals surface area contributed by atoms with Gasteiger partial charge in [0.1, 0.15) is 0 Å². The van der Waals surface area contributed by atoms with Crippen molar-refractivity contribution in [3.63, 3.8) is 0 Å². The fourth-order valence-corrected chi connectivity index (χ4v) is 7.04.